The summed E-state index contributed by atoms with van der Waals surface area (Å²) >= 11 is 0. The van der Waals surface area contributed by atoms with E-state index in [1.807, 2.05) is 10.9 Å². The van der Waals surface area contributed by atoms with Gasteiger partial charge in [0, 0.05) is 18.0 Å². The van der Waals surface area contributed by atoms with Crippen LogP contribution in [-0.4, -0.2) is 77.0 Å². The first-order valence-corrected chi connectivity index (χ1v) is 11.6. The van der Waals surface area contributed by atoms with E-state index in [-0.39, 0.29) is 11.8 Å². The van der Waals surface area contributed by atoms with Crippen molar-refractivity contribution in [2.45, 2.75) is 68.9 Å². The Hall–Kier alpha value is -3.37. The number of ether oxygens (including phenoxy) is 2. The number of aliphatic hydroxyl groups excluding tert-OH is 3. The van der Waals surface area contributed by atoms with E-state index in [1.165, 1.54) is 12.5 Å². The number of aldehydes is 1. The van der Waals surface area contributed by atoms with Gasteiger partial charge in [0.25, 0.3) is 0 Å². The fourth-order valence-corrected chi connectivity index (χ4v) is 5.01. The fraction of sp³-hybridized carbons (Fsp3) is 0.522. The van der Waals surface area contributed by atoms with Gasteiger partial charge in [-0.15, -0.1) is 0 Å². The lowest BCUT2D eigenvalue weighted by atomic mass is 9.96. The quantitative estimate of drug-likeness (QED) is 0.353. The average molecular weight is 482 g/mol. The molecule has 3 aromatic rings. The molecule has 0 bridgehead atoms. The third-order valence-electron chi connectivity index (χ3n) is 6.88. The number of nitrogens with one attached hydrogen (secondary N) is 1. The maximum atomic E-state index is 11.2. The molecule has 12 nitrogen and oxygen atoms in total. The molecular formula is C23H26N6O6. The van der Waals surface area contributed by atoms with Gasteiger partial charge in [0.2, 0.25) is 6.29 Å². The Bertz CT molecular complexity index is 1230. The second kappa shape index (κ2) is 9.71. The molecule has 184 valence electrons. The number of carbonyl (C=O) groups excluding carboxylic acids is 1. The van der Waals surface area contributed by atoms with E-state index in [2.05, 4.69) is 26.1 Å². The van der Waals surface area contributed by atoms with Crippen LogP contribution >= 0.6 is 0 Å². The van der Waals surface area contributed by atoms with Crippen molar-refractivity contribution in [1.82, 2.24) is 24.7 Å². The molecule has 1 saturated heterocycles. The normalized spacial score (nSPS) is 28.1. The molecule has 0 amide bonds. The summed E-state index contributed by atoms with van der Waals surface area (Å²) in [5.41, 5.74) is 1.66. The average Bonchev–Trinajstić information content (AvgIpc) is 3.64. The Kier molecular flexibility index (Phi) is 6.48. The molecule has 4 N–H and O–H groups in total. The van der Waals surface area contributed by atoms with E-state index in [4.69, 9.17) is 9.47 Å². The molecule has 0 radical (unpaired) electrons. The number of nitriles is 1. The van der Waals surface area contributed by atoms with Crippen molar-refractivity contribution in [3.63, 3.8) is 0 Å². The molecule has 3 aromatic heterocycles. The molecule has 12 heteroatoms. The van der Waals surface area contributed by atoms with E-state index in [0.717, 1.165) is 25.7 Å². The van der Waals surface area contributed by atoms with Crippen LogP contribution in [0, 0.1) is 17.2 Å². The van der Waals surface area contributed by atoms with Crippen LogP contribution in [0.1, 0.15) is 38.1 Å². The lowest BCUT2D eigenvalue weighted by Crippen LogP contribution is -2.59. The Morgan fingerprint density at radius 3 is 2.80 bits per heavy atom. The first-order chi connectivity index (χ1) is 17.0. The summed E-state index contributed by atoms with van der Waals surface area (Å²) < 4.78 is 13.0. The molecule has 0 aromatic carbocycles. The summed E-state index contributed by atoms with van der Waals surface area (Å²) in [7, 11) is 0. The molecule has 5 rings (SSSR count). The molecule has 1 aliphatic heterocycles. The van der Waals surface area contributed by atoms with Crippen molar-refractivity contribution < 1.29 is 29.6 Å². The number of nitrogens with zero attached hydrogens (tertiary/aromatic N) is 5. The van der Waals surface area contributed by atoms with Gasteiger partial charge in [0.15, 0.2) is 12.0 Å². The number of H-pyrrole nitrogens is 1. The summed E-state index contributed by atoms with van der Waals surface area (Å²) in [5.74, 6) is 0.626. The highest BCUT2D eigenvalue weighted by Crippen LogP contribution is 2.38. The number of aromatic amines is 1. The topological polar surface area (TPSA) is 179 Å². The Balaban J connectivity index is 1.47. The van der Waals surface area contributed by atoms with Crippen molar-refractivity contribution >= 4 is 17.3 Å². The lowest BCUT2D eigenvalue weighted by Gasteiger charge is -2.38. The zero-order valence-electron chi connectivity index (χ0n) is 18.8. The smallest absolute Gasteiger partial charge is 0.229 e. The minimum Gasteiger partial charge on any atom is -0.460 e. The van der Waals surface area contributed by atoms with Crippen molar-refractivity contribution in [2.75, 3.05) is 0 Å². The molecule has 6 unspecified atom stereocenters. The van der Waals surface area contributed by atoms with Crippen LogP contribution in [-0.2, 0) is 9.53 Å². The second-order valence-corrected chi connectivity index (χ2v) is 8.98. The number of hydrogen-bond acceptors (Lipinski definition) is 10. The van der Waals surface area contributed by atoms with Crippen LogP contribution in [0.3, 0.4) is 0 Å². The summed E-state index contributed by atoms with van der Waals surface area (Å²) in [4.78, 5) is 22.9. The largest absolute Gasteiger partial charge is 0.460 e. The van der Waals surface area contributed by atoms with Gasteiger partial charge in [-0.2, -0.15) is 10.4 Å². The standard InChI is InChI=1S/C23H26N6O6/c24-6-5-14(12-3-1-2-4-12)29-9-13(7-28-29)18-17-15(8-25-22(17)27-11-26-18)34-23-21(33)20(32)19(31)16(10-30)35-23/h7-12,14,16,19-21,23,31-33H,1-5H2,(H,25,26,27). The van der Waals surface area contributed by atoms with E-state index in [9.17, 15) is 25.4 Å². The minimum atomic E-state index is -1.63. The van der Waals surface area contributed by atoms with E-state index in [0.29, 0.717) is 40.9 Å². The minimum absolute atomic E-state index is 0.0190. The van der Waals surface area contributed by atoms with Crippen LogP contribution in [0.5, 0.6) is 5.75 Å². The van der Waals surface area contributed by atoms with Gasteiger partial charge in [0.05, 0.1) is 35.8 Å². The summed E-state index contributed by atoms with van der Waals surface area (Å²) in [6.07, 6.45) is 4.02. The summed E-state index contributed by atoms with van der Waals surface area (Å²) in [6.45, 7) is 0. The maximum Gasteiger partial charge on any atom is 0.229 e. The predicted octanol–water partition coefficient (Wildman–Crippen LogP) is 0.852. The van der Waals surface area contributed by atoms with Crippen LogP contribution in [0.25, 0.3) is 22.3 Å². The van der Waals surface area contributed by atoms with E-state index < -0.39 is 30.7 Å². The maximum absolute atomic E-state index is 11.2. The van der Waals surface area contributed by atoms with Gasteiger partial charge in [-0.25, -0.2) is 9.97 Å². The zero-order chi connectivity index (χ0) is 24.5. The van der Waals surface area contributed by atoms with Crippen LogP contribution in [0.15, 0.2) is 24.9 Å². The number of aliphatic hydroxyl groups is 3. The number of rotatable bonds is 7. The van der Waals surface area contributed by atoms with Gasteiger partial charge in [-0.3, -0.25) is 4.68 Å². The zero-order valence-corrected chi connectivity index (χ0v) is 18.8. The van der Waals surface area contributed by atoms with Crippen molar-refractivity contribution in [3.05, 3.63) is 24.9 Å². The molecule has 1 aliphatic carbocycles. The van der Waals surface area contributed by atoms with Gasteiger partial charge in [0.1, 0.15) is 36.4 Å². The monoisotopic (exact) mass is 482 g/mol. The second-order valence-electron chi connectivity index (χ2n) is 8.98. The number of carbonyl (C=O) groups is 1. The first kappa shape index (κ1) is 23.4. The molecule has 2 fully saturated rings. The van der Waals surface area contributed by atoms with Gasteiger partial charge in [-0.1, -0.05) is 12.8 Å². The summed E-state index contributed by atoms with van der Waals surface area (Å²) in [6, 6.07) is 2.26. The van der Waals surface area contributed by atoms with Crippen LogP contribution < -0.4 is 4.74 Å². The third kappa shape index (κ3) is 4.28. The Morgan fingerprint density at radius 1 is 1.26 bits per heavy atom. The van der Waals surface area contributed by atoms with Crippen LogP contribution in [0.4, 0.5) is 0 Å². The molecular weight excluding hydrogens is 456 g/mol. The van der Waals surface area contributed by atoms with Gasteiger partial charge in [-0.05, 0) is 18.8 Å². The number of aromatic nitrogens is 5. The molecule has 2 aliphatic rings. The van der Waals surface area contributed by atoms with Crippen LogP contribution in [0.2, 0.25) is 0 Å². The Morgan fingerprint density at radius 2 is 2.06 bits per heavy atom. The van der Waals surface area contributed by atoms with Gasteiger partial charge >= 0.3 is 0 Å². The molecule has 35 heavy (non-hydrogen) atoms. The number of fused-ring (bicyclic) bond motifs is 1. The molecule has 0 spiro atoms. The van der Waals surface area contributed by atoms with Crippen molar-refractivity contribution in [2.24, 2.45) is 5.92 Å². The molecule has 4 heterocycles. The first-order valence-electron chi connectivity index (χ1n) is 11.6. The lowest BCUT2D eigenvalue weighted by molar-refractivity contribution is -0.262. The third-order valence-corrected chi connectivity index (χ3v) is 6.88. The molecule has 6 atom stereocenters. The Labute approximate surface area is 200 Å². The highest BCUT2D eigenvalue weighted by Gasteiger charge is 2.45. The molecule has 1 saturated carbocycles. The highest BCUT2D eigenvalue weighted by molar-refractivity contribution is 5.95. The number of hydrogen-bond donors (Lipinski definition) is 4. The van der Waals surface area contributed by atoms with Crippen molar-refractivity contribution in [3.8, 4) is 23.1 Å². The highest BCUT2D eigenvalue weighted by atomic mass is 16.7. The SMILES string of the molecule is N#CCC(C1CCCC1)n1cc(-c2ncnc3[nH]cc(OC4OC(C=O)C(O)C(O)C4O)c23)cn1. The fourth-order valence-electron chi connectivity index (χ4n) is 5.01. The summed E-state index contributed by atoms with van der Waals surface area (Å²) in [5, 5.41) is 44.7. The predicted molar refractivity (Wildman–Crippen MR) is 120 cm³/mol. The van der Waals surface area contributed by atoms with E-state index >= 15 is 0 Å². The van der Waals surface area contributed by atoms with E-state index in [1.54, 1.807) is 6.20 Å². The van der Waals surface area contributed by atoms with Gasteiger partial charge < -0.3 is 34.6 Å². The van der Waals surface area contributed by atoms with Crippen molar-refractivity contribution in [1.29, 1.82) is 5.26 Å².